The minimum absolute atomic E-state index is 0.469. The Labute approximate surface area is 88.8 Å². The van der Waals surface area contributed by atoms with Gasteiger partial charge < -0.3 is 15.2 Å². The molecule has 86 valence electrons. The van der Waals surface area contributed by atoms with Crippen molar-refractivity contribution in [2.75, 3.05) is 0 Å². The van der Waals surface area contributed by atoms with Crippen LogP contribution in [0.25, 0.3) is 0 Å². The van der Waals surface area contributed by atoms with Crippen molar-refractivity contribution in [1.82, 2.24) is 5.32 Å². The minimum Gasteiger partial charge on any atom is -0.465 e. The van der Waals surface area contributed by atoms with E-state index in [-0.39, 0.29) is 0 Å². The SMILES string of the molecule is CC(C)(C)OC(=O)C1(NC(=O)O)CCC1. The van der Waals surface area contributed by atoms with Crippen molar-refractivity contribution in [1.29, 1.82) is 0 Å². The number of hydrogen-bond acceptors (Lipinski definition) is 3. The van der Waals surface area contributed by atoms with E-state index in [1.54, 1.807) is 20.8 Å². The molecule has 1 amide bonds. The quantitative estimate of drug-likeness (QED) is 0.685. The van der Waals surface area contributed by atoms with Gasteiger partial charge in [0, 0.05) is 0 Å². The molecule has 1 saturated carbocycles. The molecule has 0 saturated heterocycles. The normalized spacial score (nSPS) is 18.9. The second kappa shape index (κ2) is 3.72. The average Bonchev–Trinajstić information content (AvgIpc) is 1.92. The fourth-order valence-electron chi connectivity index (χ4n) is 1.49. The van der Waals surface area contributed by atoms with Crippen LogP contribution in [0.5, 0.6) is 0 Å². The van der Waals surface area contributed by atoms with Crippen LogP contribution in [0.1, 0.15) is 40.0 Å². The molecule has 0 aromatic rings. The molecule has 1 fully saturated rings. The van der Waals surface area contributed by atoms with Gasteiger partial charge in [-0.15, -0.1) is 0 Å². The third-order valence-corrected chi connectivity index (χ3v) is 2.34. The van der Waals surface area contributed by atoms with Crippen LogP contribution in [-0.4, -0.2) is 28.3 Å². The van der Waals surface area contributed by atoms with Crippen LogP contribution < -0.4 is 5.32 Å². The first-order valence-corrected chi connectivity index (χ1v) is 5.00. The predicted molar refractivity (Wildman–Crippen MR) is 53.6 cm³/mol. The fraction of sp³-hybridized carbons (Fsp3) is 0.800. The van der Waals surface area contributed by atoms with Crippen molar-refractivity contribution in [2.24, 2.45) is 0 Å². The molecule has 0 radical (unpaired) electrons. The summed E-state index contributed by atoms with van der Waals surface area (Å²) in [5.41, 5.74) is -1.58. The van der Waals surface area contributed by atoms with Crippen LogP contribution in [-0.2, 0) is 9.53 Å². The zero-order valence-electron chi connectivity index (χ0n) is 9.29. The summed E-state index contributed by atoms with van der Waals surface area (Å²) in [5, 5.41) is 10.9. The Morgan fingerprint density at radius 2 is 1.87 bits per heavy atom. The fourth-order valence-corrected chi connectivity index (χ4v) is 1.49. The molecule has 0 unspecified atom stereocenters. The number of hydrogen-bond donors (Lipinski definition) is 2. The van der Waals surface area contributed by atoms with Crippen molar-refractivity contribution < 1.29 is 19.4 Å². The lowest BCUT2D eigenvalue weighted by atomic mass is 9.77. The largest absolute Gasteiger partial charge is 0.465 e. The smallest absolute Gasteiger partial charge is 0.405 e. The number of esters is 1. The van der Waals surface area contributed by atoms with Gasteiger partial charge in [-0.25, -0.2) is 9.59 Å². The molecule has 0 spiro atoms. The first kappa shape index (κ1) is 11.8. The highest BCUT2D eigenvalue weighted by Gasteiger charge is 2.48. The third-order valence-electron chi connectivity index (χ3n) is 2.34. The van der Waals surface area contributed by atoms with E-state index in [2.05, 4.69) is 5.32 Å². The summed E-state index contributed by atoms with van der Waals surface area (Å²) in [6.07, 6.45) is 0.711. The van der Waals surface area contributed by atoms with Crippen LogP contribution in [0.4, 0.5) is 4.79 Å². The molecule has 5 nitrogen and oxygen atoms in total. The Balaban J connectivity index is 2.66. The Hall–Kier alpha value is -1.26. The molecule has 1 aliphatic carbocycles. The van der Waals surface area contributed by atoms with Crippen molar-refractivity contribution in [3.63, 3.8) is 0 Å². The number of carboxylic acid groups (broad SMARTS) is 1. The second-order valence-corrected chi connectivity index (χ2v) is 4.87. The summed E-state index contributed by atoms with van der Waals surface area (Å²) in [7, 11) is 0. The van der Waals surface area contributed by atoms with E-state index in [0.717, 1.165) is 6.42 Å². The molecule has 1 rings (SSSR count). The van der Waals surface area contributed by atoms with E-state index in [1.807, 2.05) is 0 Å². The van der Waals surface area contributed by atoms with Gasteiger partial charge in [-0.2, -0.15) is 0 Å². The standard InChI is InChI=1S/C10H17NO4/c1-9(2,3)15-7(12)10(5-4-6-10)11-8(13)14/h11H,4-6H2,1-3H3,(H,13,14). The summed E-state index contributed by atoms with van der Waals surface area (Å²) in [4.78, 5) is 22.3. The van der Waals surface area contributed by atoms with E-state index in [4.69, 9.17) is 9.84 Å². The number of carbonyl (C=O) groups excluding carboxylic acids is 1. The molecule has 5 heteroatoms. The van der Waals surface area contributed by atoms with Crippen LogP contribution in [0.15, 0.2) is 0 Å². The van der Waals surface area contributed by atoms with Gasteiger partial charge in [-0.1, -0.05) is 0 Å². The molecule has 0 atom stereocenters. The predicted octanol–water partition coefficient (Wildman–Crippen LogP) is 1.52. The number of rotatable bonds is 2. The molecule has 0 aromatic carbocycles. The monoisotopic (exact) mass is 215 g/mol. The van der Waals surface area contributed by atoms with E-state index in [0.29, 0.717) is 12.8 Å². The average molecular weight is 215 g/mol. The van der Waals surface area contributed by atoms with E-state index in [9.17, 15) is 9.59 Å². The van der Waals surface area contributed by atoms with Gasteiger partial charge in [0.05, 0.1) is 0 Å². The van der Waals surface area contributed by atoms with Crippen molar-refractivity contribution in [3.05, 3.63) is 0 Å². The summed E-state index contributed by atoms with van der Waals surface area (Å²) in [5.74, 6) is -0.469. The maximum Gasteiger partial charge on any atom is 0.405 e. The first-order chi connectivity index (χ1) is 6.75. The summed E-state index contributed by atoms with van der Waals surface area (Å²) in [6.45, 7) is 5.29. The van der Waals surface area contributed by atoms with Gasteiger partial charge in [-0.3, -0.25) is 0 Å². The highest BCUT2D eigenvalue weighted by Crippen LogP contribution is 2.34. The Morgan fingerprint density at radius 1 is 1.33 bits per heavy atom. The molecule has 1 aliphatic rings. The Kier molecular flexibility index (Phi) is 2.93. The van der Waals surface area contributed by atoms with E-state index >= 15 is 0 Å². The van der Waals surface area contributed by atoms with Crippen LogP contribution in [0, 0.1) is 0 Å². The Morgan fingerprint density at radius 3 is 2.13 bits per heavy atom. The molecule has 0 aliphatic heterocycles. The topological polar surface area (TPSA) is 75.6 Å². The van der Waals surface area contributed by atoms with E-state index in [1.165, 1.54) is 0 Å². The van der Waals surface area contributed by atoms with Gasteiger partial charge in [0.25, 0.3) is 0 Å². The molecule has 15 heavy (non-hydrogen) atoms. The number of amides is 1. The van der Waals surface area contributed by atoms with Gasteiger partial charge in [0.1, 0.15) is 11.1 Å². The number of carbonyl (C=O) groups is 2. The molecular weight excluding hydrogens is 198 g/mol. The maximum absolute atomic E-state index is 11.8. The number of ether oxygens (including phenoxy) is 1. The van der Waals surface area contributed by atoms with Gasteiger partial charge in [0.15, 0.2) is 0 Å². The summed E-state index contributed by atoms with van der Waals surface area (Å²) >= 11 is 0. The van der Waals surface area contributed by atoms with Crippen LogP contribution >= 0.6 is 0 Å². The highest BCUT2D eigenvalue weighted by molar-refractivity contribution is 5.86. The molecule has 0 bridgehead atoms. The van der Waals surface area contributed by atoms with Crippen molar-refractivity contribution >= 4 is 12.1 Å². The maximum atomic E-state index is 11.8. The van der Waals surface area contributed by atoms with Crippen molar-refractivity contribution in [3.8, 4) is 0 Å². The van der Waals surface area contributed by atoms with Crippen LogP contribution in [0.2, 0.25) is 0 Å². The summed E-state index contributed by atoms with van der Waals surface area (Å²) in [6, 6.07) is 0. The molecule has 0 aromatic heterocycles. The zero-order chi connectivity index (χ0) is 11.7. The third kappa shape index (κ3) is 2.84. The highest BCUT2D eigenvalue weighted by atomic mass is 16.6. The van der Waals surface area contributed by atoms with Gasteiger partial charge in [0.2, 0.25) is 0 Å². The lowest BCUT2D eigenvalue weighted by Gasteiger charge is -2.40. The molecule has 2 N–H and O–H groups in total. The van der Waals surface area contributed by atoms with Crippen molar-refractivity contribution in [2.45, 2.75) is 51.2 Å². The molecule has 0 heterocycles. The first-order valence-electron chi connectivity index (χ1n) is 5.00. The zero-order valence-corrected chi connectivity index (χ0v) is 9.29. The molecular formula is C10H17NO4. The van der Waals surface area contributed by atoms with Crippen LogP contribution in [0.3, 0.4) is 0 Å². The number of nitrogens with one attached hydrogen (secondary N) is 1. The van der Waals surface area contributed by atoms with Gasteiger partial charge >= 0.3 is 12.1 Å². The Bertz CT molecular complexity index is 276. The lowest BCUT2D eigenvalue weighted by Crippen LogP contribution is -2.60. The summed E-state index contributed by atoms with van der Waals surface area (Å²) < 4.78 is 5.18. The minimum atomic E-state index is -1.18. The van der Waals surface area contributed by atoms with Gasteiger partial charge in [-0.05, 0) is 40.0 Å². The second-order valence-electron chi connectivity index (χ2n) is 4.87. The lowest BCUT2D eigenvalue weighted by molar-refractivity contribution is -0.167. The van der Waals surface area contributed by atoms with E-state index < -0.39 is 23.2 Å².